The molecule has 2 N–H and O–H groups in total. The highest BCUT2D eigenvalue weighted by atomic mass is 16.4. The molecule has 0 bridgehead atoms. The van der Waals surface area contributed by atoms with E-state index in [4.69, 9.17) is 10.2 Å². The van der Waals surface area contributed by atoms with E-state index in [0.29, 0.717) is 12.0 Å². The van der Waals surface area contributed by atoms with E-state index in [9.17, 15) is 0 Å². The summed E-state index contributed by atoms with van der Waals surface area (Å²) in [5.41, 5.74) is 6.67. The minimum Gasteiger partial charge on any atom is -0.432 e. The Kier molecular flexibility index (Phi) is 2.23. The normalized spacial score (nSPS) is 20.4. The molecule has 0 spiro atoms. The molecule has 4 heteroatoms. The highest BCUT2D eigenvalue weighted by Gasteiger charge is 2.31. The van der Waals surface area contributed by atoms with Crippen LogP contribution in [0, 0.1) is 5.41 Å². The minimum absolute atomic E-state index is 0.372. The van der Waals surface area contributed by atoms with Gasteiger partial charge in [-0.05, 0) is 11.8 Å². The number of hydrogen-bond acceptors (Lipinski definition) is 4. The third kappa shape index (κ3) is 1.75. The fourth-order valence-corrected chi connectivity index (χ4v) is 1.81. The molecule has 2 rings (SSSR count). The molecule has 1 aromatic heterocycles. The highest BCUT2D eigenvalue weighted by molar-refractivity contribution is 5.29. The first-order valence-corrected chi connectivity index (χ1v) is 5.00. The summed E-state index contributed by atoms with van der Waals surface area (Å²) in [5.74, 6) is 0. The van der Waals surface area contributed by atoms with E-state index in [2.05, 4.69) is 23.7 Å². The Hall–Kier alpha value is -1.03. The Labute approximate surface area is 84.1 Å². The Morgan fingerprint density at radius 3 is 2.93 bits per heavy atom. The minimum atomic E-state index is 0.372. The molecule has 0 amide bonds. The Bertz CT molecular complexity index is 319. The van der Waals surface area contributed by atoms with Crippen LogP contribution in [0.1, 0.15) is 26.0 Å². The smallest absolute Gasteiger partial charge is 0.297 e. The van der Waals surface area contributed by atoms with Gasteiger partial charge in [0.15, 0.2) is 0 Å². The first-order chi connectivity index (χ1) is 6.61. The molecule has 0 unspecified atom stereocenters. The Morgan fingerprint density at radius 1 is 1.64 bits per heavy atom. The van der Waals surface area contributed by atoms with Crippen LogP contribution >= 0.6 is 0 Å². The van der Waals surface area contributed by atoms with Crippen molar-refractivity contribution in [2.75, 3.05) is 18.0 Å². The van der Waals surface area contributed by atoms with Gasteiger partial charge in [0.2, 0.25) is 0 Å². The van der Waals surface area contributed by atoms with Crippen molar-refractivity contribution in [2.45, 2.75) is 26.8 Å². The van der Waals surface area contributed by atoms with Crippen molar-refractivity contribution in [3.8, 4) is 0 Å². The van der Waals surface area contributed by atoms with Crippen LogP contribution in [-0.2, 0) is 6.54 Å². The van der Waals surface area contributed by atoms with Crippen molar-refractivity contribution in [2.24, 2.45) is 11.1 Å². The standard InChI is InChI=1S/C10H17N3O/c1-10(2)3-4-13(7-10)9-12-8(5-11)6-14-9/h6H,3-5,7,11H2,1-2H3. The quantitative estimate of drug-likeness (QED) is 0.774. The highest BCUT2D eigenvalue weighted by Crippen LogP contribution is 2.31. The molecule has 1 saturated heterocycles. The van der Waals surface area contributed by atoms with Crippen molar-refractivity contribution in [3.05, 3.63) is 12.0 Å². The summed E-state index contributed by atoms with van der Waals surface area (Å²) in [7, 11) is 0. The van der Waals surface area contributed by atoms with Crippen LogP contribution in [0.5, 0.6) is 0 Å². The number of aromatic nitrogens is 1. The molecule has 0 aromatic carbocycles. The zero-order chi connectivity index (χ0) is 10.2. The van der Waals surface area contributed by atoms with Gasteiger partial charge in [-0.15, -0.1) is 0 Å². The van der Waals surface area contributed by atoms with E-state index in [1.807, 2.05) is 0 Å². The van der Waals surface area contributed by atoms with Gasteiger partial charge in [0.05, 0.1) is 5.69 Å². The van der Waals surface area contributed by atoms with E-state index in [-0.39, 0.29) is 0 Å². The topological polar surface area (TPSA) is 55.3 Å². The Morgan fingerprint density at radius 2 is 2.43 bits per heavy atom. The molecule has 14 heavy (non-hydrogen) atoms. The van der Waals surface area contributed by atoms with Crippen LogP contribution in [0.15, 0.2) is 10.7 Å². The second-order valence-corrected chi connectivity index (χ2v) is 4.66. The summed E-state index contributed by atoms with van der Waals surface area (Å²) in [5, 5.41) is 0. The maximum atomic E-state index is 5.47. The summed E-state index contributed by atoms with van der Waals surface area (Å²) in [6.45, 7) is 7.01. The third-order valence-corrected chi connectivity index (χ3v) is 2.70. The zero-order valence-corrected chi connectivity index (χ0v) is 8.79. The van der Waals surface area contributed by atoms with Crippen molar-refractivity contribution in [1.82, 2.24) is 4.98 Å². The van der Waals surface area contributed by atoms with E-state index in [1.54, 1.807) is 6.26 Å². The van der Waals surface area contributed by atoms with E-state index >= 15 is 0 Å². The molecule has 1 aliphatic heterocycles. The molecule has 1 fully saturated rings. The van der Waals surface area contributed by atoms with Gasteiger partial charge in [-0.2, -0.15) is 4.98 Å². The summed E-state index contributed by atoms with van der Waals surface area (Å²) in [6, 6.07) is 0.719. The predicted molar refractivity (Wildman–Crippen MR) is 55.0 cm³/mol. The van der Waals surface area contributed by atoms with Gasteiger partial charge in [0, 0.05) is 19.6 Å². The molecular weight excluding hydrogens is 178 g/mol. The lowest BCUT2D eigenvalue weighted by atomic mass is 9.93. The van der Waals surface area contributed by atoms with Gasteiger partial charge in [-0.1, -0.05) is 13.8 Å². The zero-order valence-electron chi connectivity index (χ0n) is 8.79. The van der Waals surface area contributed by atoms with Crippen LogP contribution in [0.25, 0.3) is 0 Å². The average molecular weight is 195 g/mol. The van der Waals surface area contributed by atoms with Crippen LogP contribution in [0.2, 0.25) is 0 Å². The van der Waals surface area contributed by atoms with Crippen LogP contribution < -0.4 is 10.6 Å². The average Bonchev–Trinajstić information content (AvgIpc) is 2.70. The number of oxazole rings is 1. The van der Waals surface area contributed by atoms with Crippen molar-refractivity contribution in [3.63, 3.8) is 0 Å². The van der Waals surface area contributed by atoms with E-state index < -0.39 is 0 Å². The van der Waals surface area contributed by atoms with Gasteiger partial charge in [0.25, 0.3) is 6.01 Å². The number of rotatable bonds is 2. The summed E-state index contributed by atoms with van der Waals surface area (Å²) < 4.78 is 5.37. The summed E-state index contributed by atoms with van der Waals surface area (Å²) >= 11 is 0. The molecule has 0 saturated carbocycles. The largest absolute Gasteiger partial charge is 0.432 e. The van der Waals surface area contributed by atoms with Gasteiger partial charge in [0.1, 0.15) is 6.26 Å². The lowest BCUT2D eigenvalue weighted by Gasteiger charge is -2.17. The van der Waals surface area contributed by atoms with Gasteiger partial charge in [-0.3, -0.25) is 0 Å². The molecule has 78 valence electrons. The van der Waals surface area contributed by atoms with E-state index in [0.717, 1.165) is 24.8 Å². The van der Waals surface area contributed by atoms with Crippen molar-refractivity contribution >= 4 is 6.01 Å². The molecule has 2 heterocycles. The number of anilines is 1. The van der Waals surface area contributed by atoms with E-state index in [1.165, 1.54) is 6.42 Å². The van der Waals surface area contributed by atoms with Crippen molar-refractivity contribution in [1.29, 1.82) is 0 Å². The molecular formula is C10H17N3O. The second-order valence-electron chi connectivity index (χ2n) is 4.66. The monoisotopic (exact) mass is 195 g/mol. The SMILES string of the molecule is CC1(C)CCN(c2nc(CN)co2)C1. The van der Waals surface area contributed by atoms with Crippen molar-refractivity contribution < 1.29 is 4.42 Å². The lowest BCUT2D eigenvalue weighted by Crippen LogP contribution is -2.22. The van der Waals surface area contributed by atoms with Gasteiger partial charge >= 0.3 is 0 Å². The number of nitrogens with two attached hydrogens (primary N) is 1. The molecule has 1 aromatic rings. The molecule has 0 atom stereocenters. The molecule has 4 nitrogen and oxygen atoms in total. The van der Waals surface area contributed by atoms with Crippen LogP contribution in [-0.4, -0.2) is 18.1 Å². The second kappa shape index (κ2) is 3.28. The Balaban J connectivity index is 2.09. The maximum Gasteiger partial charge on any atom is 0.297 e. The maximum absolute atomic E-state index is 5.47. The molecule has 1 aliphatic rings. The fourth-order valence-electron chi connectivity index (χ4n) is 1.81. The van der Waals surface area contributed by atoms with Crippen LogP contribution in [0.4, 0.5) is 6.01 Å². The number of nitrogens with zero attached hydrogens (tertiary/aromatic N) is 2. The first kappa shape index (κ1) is 9.52. The predicted octanol–water partition coefficient (Wildman–Crippen LogP) is 1.37. The number of hydrogen-bond donors (Lipinski definition) is 1. The molecule has 0 radical (unpaired) electrons. The fraction of sp³-hybridized carbons (Fsp3) is 0.700. The van der Waals surface area contributed by atoms with Gasteiger partial charge in [-0.25, -0.2) is 0 Å². The van der Waals surface area contributed by atoms with Crippen LogP contribution in [0.3, 0.4) is 0 Å². The third-order valence-electron chi connectivity index (χ3n) is 2.70. The first-order valence-electron chi connectivity index (χ1n) is 5.00. The molecule has 0 aliphatic carbocycles. The lowest BCUT2D eigenvalue weighted by molar-refractivity contribution is 0.415. The summed E-state index contributed by atoms with van der Waals surface area (Å²) in [4.78, 5) is 6.49. The summed E-state index contributed by atoms with van der Waals surface area (Å²) in [6.07, 6.45) is 2.83. The van der Waals surface area contributed by atoms with Gasteiger partial charge < -0.3 is 15.1 Å².